The molecule has 0 bridgehead atoms. The number of carboxylic acid groups (broad SMARTS) is 1. The number of carboxylic acids is 1. The molecule has 0 aliphatic carbocycles. The average Bonchev–Trinajstić information content (AvgIpc) is 3.22. The van der Waals surface area contributed by atoms with Gasteiger partial charge in [-0.3, -0.25) is 4.79 Å². The molecule has 1 fully saturated rings. The number of carbonyl (C=O) groups excluding carboxylic acids is 3. The first-order chi connectivity index (χ1) is 14.1. The number of aromatic nitrogens is 2. The smallest absolute Gasteiger partial charge is 0.419 e. The standard InChI is InChI=1S/C15H13Cl3N4O7S/c16-15(17,18)5-29-13(26)20-8-10(23)22-9(12(24)25)7(4-30-11(8)22)3-28-14(27)21-2-1-19-6-21/h1-2,4,6,8-9,11H,3,5H2,(H,20,26)(H,24,25)/t8?,9?,11-/m0/s1. The van der Waals surface area contributed by atoms with Gasteiger partial charge in [0.05, 0.1) is 0 Å². The molecule has 2 unspecified atom stereocenters. The van der Waals surface area contributed by atoms with Crippen molar-refractivity contribution in [1.82, 2.24) is 19.8 Å². The number of nitrogens with zero attached hydrogens (tertiary/aromatic N) is 3. The van der Waals surface area contributed by atoms with Gasteiger partial charge in [-0.2, -0.15) is 0 Å². The van der Waals surface area contributed by atoms with Gasteiger partial charge in [0.25, 0.3) is 0 Å². The van der Waals surface area contributed by atoms with Crippen LogP contribution in [0.4, 0.5) is 9.59 Å². The third-order valence-corrected chi connectivity index (χ3v) is 5.56. The van der Waals surface area contributed by atoms with Crippen molar-refractivity contribution in [1.29, 1.82) is 0 Å². The predicted octanol–water partition coefficient (Wildman–Crippen LogP) is 1.59. The number of thioether (sulfide) groups is 1. The average molecular weight is 500 g/mol. The van der Waals surface area contributed by atoms with Crippen molar-refractivity contribution < 1.29 is 33.8 Å². The number of halogens is 3. The minimum Gasteiger partial charge on any atom is -0.479 e. The second-order valence-electron chi connectivity index (χ2n) is 6.04. The van der Waals surface area contributed by atoms with Crippen LogP contribution in [0.15, 0.2) is 29.7 Å². The molecule has 1 saturated heterocycles. The molecule has 3 atom stereocenters. The number of nitrogens with one attached hydrogen (secondary N) is 1. The second kappa shape index (κ2) is 8.92. The lowest BCUT2D eigenvalue weighted by Crippen LogP contribution is -2.74. The third-order valence-electron chi connectivity index (χ3n) is 4.02. The number of ether oxygens (including phenoxy) is 2. The molecule has 0 radical (unpaired) electrons. The third kappa shape index (κ3) is 4.94. The first kappa shape index (κ1) is 22.5. The summed E-state index contributed by atoms with van der Waals surface area (Å²) < 4.78 is 9.06. The Hall–Kier alpha value is -2.15. The van der Waals surface area contributed by atoms with Crippen LogP contribution in [-0.2, 0) is 19.1 Å². The molecule has 0 spiro atoms. The maximum absolute atomic E-state index is 12.5. The molecule has 15 heteroatoms. The highest BCUT2D eigenvalue weighted by Gasteiger charge is 2.56. The van der Waals surface area contributed by atoms with E-state index >= 15 is 0 Å². The number of hydrogen-bond donors (Lipinski definition) is 2. The summed E-state index contributed by atoms with van der Waals surface area (Å²) >= 11 is 17.6. The lowest BCUT2D eigenvalue weighted by Gasteiger charge is -2.51. The Bertz CT molecular complexity index is 889. The summed E-state index contributed by atoms with van der Waals surface area (Å²) in [6.07, 6.45) is 2.24. The minimum absolute atomic E-state index is 0.197. The maximum Gasteiger partial charge on any atom is 0.419 e. The normalized spacial score (nSPS) is 23.0. The molecule has 2 N–H and O–H groups in total. The van der Waals surface area contributed by atoms with Crippen molar-refractivity contribution in [3.63, 3.8) is 0 Å². The molecular weight excluding hydrogens is 487 g/mol. The van der Waals surface area contributed by atoms with Crippen LogP contribution in [0, 0.1) is 0 Å². The zero-order valence-corrected chi connectivity index (χ0v) is 17.8. The number of amides is 2. The van der Waals surface area contributed by atoms with Crippen molar-refractivity contribution in [2.45, 2.75) is 21.3 Å². The van der Waals surface area contributed by atoms with E-state index in [9.17, 15) is 24.3 Å². The van der Waals surface area contributed by atoms with Crippen LogP contribution in [0.1, 0.15) is 0 Å². The van der Waals surface area contributed by atoms with Crippen LogP contribution in [0.3, 0.4) is 0 Å². The lowest BCUT2D eigenvalue weighted by atomic mass is 9.98. The van der Waals surface area contributed by atoms with Gasteiger partial charge in [0.2, 0.25) is 9.70 Å². The molecule has 2 aliphatic rings. The fraction of sp³-hybridized carbons (Fsp3) is 0.400. The van der Waals surface area contributed by atoms with E-state index in [-0.39, 0.29) is 12.2 Å². The molecule has 162 valence electrons. The van der Waals surface area contributed by atoms with Gasteiger partial charge in [0.15, 0.2) is 6.04 Å². The summed E-state index contributed by atoms with van der Waals surface area (Å²) in [7, 11) is 0. The van der Waals surface area contributed by atoms with E-state index < -0.39 is 51.9 Å². The van der Waals surface area contributed by atoms with Crippen LogP contribution in [-0.4, -0.2) is 78.1 Å². The van der Waals surface area contributed by atoms with E-state index in [0.717, 1.165) is 21.2 Å². The molecule has 2 aliphatic heterocycles. The fourth-order valence-electron chi connectivity index (χ4n) is 2.73. The van der Waals surface area contributed by atoms with Crippen LogP contribution in [0.25, 0.3) is 0 Å². The number of carbonyl (C=O) groups is 4. The Balaban J connectivity index is 1.63. The summed E-state index contributed by atoms with van der Waals surface area (Å²) in [5.41, 5.74) is 0.197. The number of hydrogen-bond acceptors (Lipinski definition) is 8. The van der Waals surface area contributed by atoms with Crippen LogP contribution < -0.4 is 5.32 Å². The highest BCUT2D eigenvalue weighted by Crippen LogP contribution is 2.40. The van der Waals surface area contributed by atoms with Crippen molar-refractivity contribution >= 4 is 70.6 Å². The molecule has 3 heterocycles. The number of β-lactam (4-membered cyclic amide) rings is 1. The molecule has 2 amide bonds. The Morgan fingerprint density at radius 1 is 1.30 bits per heavy atom. The Labute approximate surface area is 188 Å². The number of rotatable bonds is 5. The van der Waals surface area contributed by atoms with E-state index in [1.165, 1.54) is 24.1 Å². The number of fused-ring (bicyclic) bond motifs is 1. The van der Waals surface area contributed by atoms with Crippen LogP contribution in [0.5, 0.6) is 0 Å². The molecule has 0 aromatic carbocycles. The summed E-state index contributed by atoms with van der Waals surface area (Å²) in [4.78, 5) is 52.7. The van der Waals surface area contributed by atoms with Gasteiger partial charge in [-0.25, -0.2) is 23.9 Å². The zero-order valence-electron chi connectivity index (χ0n) is 14.7. The van der Waals surface area contributed by atoms with E-state index in [1.54, 1.807) is 0 Å². The monoisotopic (exact) mass is 498 g/mol. The van der Waals surface area contributed by atoms with Gasteiger partial charge in [0.1, 0.15) is 31.0 Å². The van der Waals surface area contributed by atoms with Gasteiger partial charge in [0, 0.05) is 18.0 Å². The van der Waals surface area contributed by atoms with E-state index in [4.69, 9.17) is 44.3 Å². The molecule has 1 aromatic rings. The number of aliphatic carboxylic acids is 1. The van der Waals surface area contributed by atoms with E-state index in [2.05, 4.69) is 10.3 Å². The molecular formula is C15H13Cl3N4O7S. The van der Waals surface area contributed by atoms with Crippen LogP contribution in [0.2, 0.25) is 0 Å². The Morgan fingerprint density at radius 2 is 2.03 bits per heavy atom. The highest BCUT2D eigenvalue weighted by atomic mass is 35.6. The number of alkyl carbamates (subject to hydrolysis) is 1. The highest BCUT2D eigenvalue weighted by molar-refractivity contribution is 8.02. The van der Waals surface area contributed by atoms with Gasteiger partial charge in [-0.05, 0) is 5.41 Å². The van der Waals surface area contributed by atoms with Crippen molar-refractivity contribution in [3.8, 4) is 0 Å². The van der Waals surface area contributed by atoms with E-state index in [0.29, 0.717) is 0 Å². The van der Waals surface area contributed by atoms with Gasteiger partial charge in [-0.15, -0.1) is 11.8 Å². The zero-order chi connectivity index (χ0) is 22.1. The van der Waals surface area contributed by atoms with Gasteiger partial charge < -0.3 is 24.8 Å². The molecule has 11 nitrogen and oxygen atoms in total. The summed E-state index contributed by atoms with van der Waals surface area (Å²) in [5, 5.41) is 12.7. The predicted molar refractivity (Wildman–Crippen MR) is 105 cm³/mol. The molecule has 30 heavy (non-hydrogen) atoms. The Morgan fingerprint density at radius 3 is 2.63 bits per heavy atom. The summed E-state index contributed by atoms with van der Waals surface area (Å²) in [6.45, 7) is -0.878. The summed E-state index contributed by atoms with van der Waals surface area (Å²) in [6, 6.07) is -2.37. The Kier molecular flexibility index (Phi) is 6.70. The lowest BCUT2D eigenvalue weighted by molar-refractivity contribution is -0.159. The van der Waals surface area contributed by atoms with Crippen molar-refractivity contribution in [2.24, 2.45) is 0 Å². The topological polar surface area (TPSA) is 140 Å². The van der Waals surface area contributed by atoms with E-state index in [1.807, 2.05) is 0 Å². The van der Waals surface area contributed by atoms with Crippen molar-refractivity contribution in [3.05, 3.63) is 29.7 Å². The van der Waals surface area contributed by atoms with Crippen LogP contribution >= 0.6 is 46.6 Å². The molecule has 0 saturated carbocycles. The minimum atomic E-state index is -1.81. The first-order valence-electron chi connectivity index (χ1n) is 8.13. The number of alkyl halides is 3. The SMILES string of the molecule is O=C(NC1C(=O)N2C(C(=O)O)C(COC(=O)n3ccnc3)=CS[C@@H]12)OCC(Cl)(Cl)Cl. The largest absolute Gasteiger partial charge is 0.479 e. The molecule has 3 rings (SSSR count). The molecule has 1 aromatic heterocycles. The maximum atomic E-state index is 12.5. The quantitative estimate of drug-likeness (QED) is 0.456. The van der Waals surface area contributed by atoms with Gasteiger partial charge in [-0.1, -0.05) is 34.8 Å². The number of imidazole rings is 1. The van der Waals surface area contributed by atoms with Crippen molar-refractivity contribution in [2.75, 3.05) is 13.2 Å². The first-order valence-corrected chi connectivity index (χ1v) is 10.2. The second-order valence-corrected chi connectivity index (χ2v) is 9.55. The fourth-order valence-corrected chi connectivity index (χ4v) is 4.10. The summed E-state index contributed by atoms with van der Waals surface area (Å²) in [5.74, 6) is -1.95. The van der Waals surface area contributed by atoms with Gasteiger partial charge >= 0.3 is 18.2 Å².